The van der Waals surface area contributed by atoms with Crippen LogP contribution < -0.4 is 4.74 Å². The molecule has 2 aromatic carbocycles. The minimum absolute atomic E-state index is 0.0590. The maximum Gasteiger partial charge on any atom is 0.231 e. The van der Waals surface area contributed by atoms with E-state index < -0.39 is 0 Å². The third-order valence-electron chi connectivity index (χ3n) is 4.85. The minimum Gasteiger partial charge on any atom is -0.508 e. The highest BCUT2D eigenvalue weighted by Gasteiger charge is 2.25. The number of aryl methyl sites for hydroxylation is 1. The summed E-state index contributed by atoms with van der Waals surface area (Å²) in [5.74, 6) is 0.493. The van der Waals surface area contributed by atoms with E-state index in [4.69, 9.17) is 16.3 Å². The molecule has 1 atom stereocenters. The van der Waals surface area contributed by atoms with Crippen LogP contribution >= 0.6 is 11.6 Å². The van der Waals surface area contributed by atoms with Crippen molar-refractivity contribution >= 4 is 17.5 Å². The Bertz CT molecular complexity index is 947. The molecule has 1 aromatic heterocycles. The van der Waals surface area contributed by atoms with Crippen molar-refractivity contribution in [3.8, 4) is 11.5 Å². The molecular weight excluding hydrogens is 362 g/mol. The summed E-state index contributed by atoms with van der Waals surface area (Å²) in [6.07, 6.45) is 3.65. The van der Waals surface area contributed by atoms with Gasteiger partial charge >= 0.3 is 0 Å². The van der Waals surface area contributed by atoms with E-state index in [1.165, 1.54) is 0 Å². The van der Waals surface area contributed by atoms with Gasteiger partial charge in [0.25, 0.3) is 0 Å². The van der Waals surface area contributed by atoms with Gasteiger partial charge in [-0.2, -0.15) is 0 Å². The van der Waals surface area contributed by atoms with Crippen LogP contribution in [0.4, 0.5) is 0 Å². The average Bonchev–Trinajstić information content (AvgIpc) is 3.20. The number of aromatic nitrogens is 1. The zero-order valence-electron chi connectivity index (χ0n) is 15.6. The highest BCUT2D eigenvalue weighted by Crippen LogP contribution is 2.41. The van der Waals surface area contributed by atoms with Crippen LogP contribution in [0.25, 0.3) is 0 Å². The zero-order valence-corrected chi connectivity index (χ0v) is 16.3. The second-order valence-corrected chi connectivity index (χ2v) is 6.96. The van der Waals surface area contributed by atoms with Crippen molar-refractivity contribution in [2.75, 3.05) is 7.11 Å². The van der Waals surface area contributed by atoms with Gasteiger partial charge in [0.2, 0.25) is 5.91 Å². The van der Waals surface area contributed by atoms with Crippen LogP contribution in [0, 0.1) is 13.8 Å². The lowest BCUT2D eigenvalue weighted by Crippen LogP contribution is -2.15. The molecule has 1 unspecified atom stereocenters. The van der Waals surface area contributed by atoms with Crippen LogP contribution in [0.3, 0.4) is 0 Å². The number of aromatic hydroxyl groups is 1. The van der Waals surface area contributed by atoms with Crippen LogP contribution in [0.15, 0.2) is 54.9 Å². The Labute approximate surface area is 164 Å². The Balaban J connectivity index is 2.10. The van der Waals surface area contributed by atoms with Crippen molar-refractivity contribution in [1.29, 1.82) is 0 Å². The molecule has 0 fully saturated rings. The van der Waals surface area contributed by atoms with Gasteiger partial charge in [-0.3, -0.25) is 9.36 Å². The van der Waals surface area contributed by atoms with Crippen LogP contribution in [-0.4, -0.2) is 22.7 Å². The van der Waals surface area contributed by atoms with E-state index >= 15 is 0 Å². The van der Waals surface area contributed by atoms with Gasteiger partial charge < -0.3 is 9.84 Å². The monoisotopic (exact) mass is 383 g/mol. The minimum atomic E-state index is -0.330. The molecule has 0 aliphatic heterocycles. The van der Waals surface area contributed by atoms with Gasteiger partial charge in [0.15, 0.2) is 0 Å². The molecule has 27 heavy (non-hydrogen) atoms. The van der Waals surface area contributed by atoms with Crippen molar-refractivity contribution in [2.45, 2.75) is 26.2 Å². The maximum absolute atomic E-state index is 12.8. The van der Waals surface area contributed by atoms with Gasteiger partial charge in [-0.1, -0.05) is 23.7 Å². The number of hydrogen-bond acceptors (Lipinski definition) is 3. The van der Waals surface area contributed by atoms with E-state index in [0.29, 0.717) is 10.6 Å². The topological polar surface area (TPSA) is 51.5 Å². The molecule has 0 amide bonds. The third-order valence-corrected chi connectivity index (χ3v) is 5.43. The fourth-order valence-corrected chi connectivity index (χ4v) is 3.55. The normalized spacial score (nSPS) is 12.0. The number of benzene rings is 2. The Morgan fingerprint density at radius 1 is 1.19 bits per heavy atom. The summed E-state index contributed by atoms with van der Waals surface area (Å²) in [4.78, 5) is 12.8. The number of carbonyl (C=O) groups is 1. The van der Waals surface area contributed by atoms with Crippen molar-refractivity contribution in [3.05, 3.63) is 82.1 Å². The predicted octanol–water partition coefficient (Wildman–Crippen LogP) is 5.33. The Morgan fingerprint density at radius 3 is 2.41 bits per heavy atom. The number of halogens is 1. The zero-order chi connectivity index (χ0) is 19.6. The number of phenols is 1. The fourth-order valence-electron chi connectivity index (χ4n) is 3.40. The van der Waals surface area contributed by atoms with Gasteiger partial charge in [-0.25, -0.2) is 0 Å². The molecule has 1 N–H and O–H groups in total. The number of ether oxygens (including phenoxy) is 1. The molecule has 0 saturated heterocycles. The highest BCUT2D eigenvalue weighted by atomic mass is 35.5. The first-order chi connectivity index (χ1) is 12.9. The van der Waals surface area contributed by atoms with E-state index in [1.807, 2.05) is 50.2 Å². The van der Waals surface area contributed by atoms with Gasteiger partial charge in [-0.05, 0) is 60.9 Å². The standard InChI is InChI=1S/C22H22ClNO3/c1-14-12-19(25)21(15(2)22(14)23)18(13-20(26)24-10-4-5-11-24)16-6-8-17(27-3)9-7-16/h4-12,18,25H,13H2,1-3H3. The molecule has 0 radical (unpaired) electrons. The molecule has 140 valence electrons. The van der Waals surface area contributed by atoms with Crippen molar-refractivity contribution < 1.29 is 14.6 Å². The number of carbonyl (C=O) groups excluding carboxylic acids is 1. The second kappa shape index (κ2) is 7.89. The largest absolute Gasteiger partial charge is 0.508 e. The summed E-state index contributed by atoms with van der Waals surface area (Å²) in [6, 6.07) is 12.8. The van der Waals surface area contributed by atoms with Crippen LogP contribution in [0.1, 0.15) is 39.4 Å². The molecule has 0 bridgehead atoms. The van der Waals surface area contributed by atoms with Crippen molar-refractivity contribution in [3.63, 3.8) is 0 Å². The van der Waals surface area contributed by atoms with E-state index in [1.54, 1.807) is 30.1 Å². The number of hydrogen-bond donors (Lipinski definition) is 1. The van der Waals surface area contributed by atoms with Crippen LogP contribution in [0.5, 0.6) is 11.5 Å². The molecule has 5 heteroatoms. The summed E-state index contributed by atoms with van der Waals surface area (Å²) in [5.41, 5.74) is 3.18. The third kappa shape index (κ3) is 3.86. The molecule has 0 aliphatic carbocycles. The molecule has 3 rings (SSSR count). The molecule has 3 aromatic rings. The lowest BCUT2D eigenvalue weighted by Gasteiger charge is -2.22. The molecular formula is C22H22ClNO3. The summed E-state index contributed by atoms with van der Waals surface area (Å²) >= 11 is 6.45. The lowest BCUT2D eigenvalue weighted by molar-refractivity contribution is 0.0897. The number of methoxy groups -OCH3 is 1. The SMILES string of the molecule is COc1ccc(C(CC(=O)n2cccc2)c2c(O)cc(C)c(Cl)c2C)cc1. The quantitative estimate of drug-likeness (QED) is 0.647. The highest BCUT2D eigenvalue weighted by molar-refractivity contribution is 6.32. The van der Waals surface area contributed by atoms with Gasteiger partial charge in [0, 0.05) is 35.3 Å². The Morgan fingerprint density at radius 2 is 1.81 bits per heavy atom. The van der Waals surface area contributed by atoms with E-state index in [9.17, 15) is 9.90 Å². The van der Waals surface area contributed by atoms with Gasteiger partial charge in [0.05, 0.1) is 7.11 Å². The van der Waals surface area contributed by atoms with Crippen LogP contribution in [-0.2, 0) is 0 Å². The average molecular weight is 384 g/mol. The molecule has 1 heterocycles. The summed E-state index contributed by atoms with van der Waals surface area (Å²) in [7, 11) is 1.61. The molecule has 0 spiro atoms. The first-order valence-electron chi connectivity index (χ1n) is 8.71. The van der Waals surface area contributed by atoms with Crippen molar-refractivity contribution in [1.82, 2.24) is 4.57 Å². The molecule has 0 saturated carbocycles. The van der Waals surface area contributed by atoms with Gasteiger partial charge in [-0.15, -0.1) is 0 Å². The molecule has 4 nitrogen and oxygen atoms in total. The Kier molecular flexibility index (Phi) is 5.57. The first-order valence-corrected chi connectivity index (χ1v) is 9.08. The number of nitrogens with zero attached hydrogens (tertiary/aromatic N) is 1. The number of phenolic OH excluding ortho intramolecular Hbond substituents is 1. The smallest absolute Gasteiger partial charge is 0.231 e. The lowest BCUT2D eigenvalue weighted by atomic mass is 9.84. The second-order valence-electron chi connectivity index (χ2n) is 6.58. The van der Waals surface area contributed by atoms with Gasteiger partial charge in [0.1, 0.15) is 11.5 Å². The van der Waals surface area contributed by atoms with E-state index in [-0.39, 0.29) is 24.0 Å². The predicted molar refractivity (Wildman–Crippen MR) is 107 cm³/mol. The van der Waals surface area contributed by atoms with E-state index in [0.717, 1.165) is 22.4 Å². The Hall–Kier alpha value is -2.72. The van der Waals surface area contributed by atoms with E-state index in [2.05, 4.69) is 0 Å². The molecule has 0 aliphatic rings. The summed E-state index contributed by atoms with van der Waals surface area (Å²) < 4.78 is 6.79. The van der Waals surface area contributed by atoms with Crippen LogP contribution in [0.2, 0.25) is 5.02 Å². The van der Waals surface area contributed by atoms with Crippen molar-refractivity contribution in [2.24, 2.45) is 0 Å². The summed E-state index contributed by atoms with van der Waals surface area (Å²) in [5, 5.41) is 11.3. The maximum atomic E-state index is 12.8. The fraction of sp³-hybridized carbons (Fsp3) is 0.227. The number of rotatable bonds is 5. The first kappa shape index (κ1) is 19.1. The summed E-state index contributed by atoms with van der Waals surface area (Å²) in [6.45, 7) is 3.73.